The van der Waals surface area contributed by atoms with Crippen LogP contribution in [0.1, 0.15) is 29.8 Å². The van der Waals surface area contributed by atoms with Gasteiger partial charge in [0.05, 0.1) is 0 Å². The van der Waals surface area contributed by atoms with Gasteiger partial charge in [-0.1, -0.05) is 50.2 Å². The quantitative estimate of drug-likeness (QED) is 0.657. The third kappa shape index (κ3) is 4.11. The first-order valence-electron chi connectivity index (χ1n) is 8.54. The van der Waals surface area contributed by atoms with Gasteiger partial charge >= 0.3 is 5.97 Å². The number of amides is 1. The highest BCUT2D eigenvalue weighted by atomic mass is 32.1. The topological polar surface area (TPSA) is 55.4 Å². The Morgan fingerprint density at radius 2 is 1.73 bits per heavy atom. The number of carbonyl (C=O) groups excluding carboxylic acids is 2. The second-order valence-electron chi connectivity index (χ2n) is 6.43. The van der Waals surface area contributed by atoms with Crippen molar-refractivity contribution in [3.05, 3.63) is 71.1 Å². The molecule has 0 aliphatic carbocycles. The minimum Gasteiger partial charge on any atom is -0.459 e. The molecule has 0 saturated heterocycles. The highest BCUT2D eigenvalue weighted by Gasteiger charge is 2.26. The summed E-state index contributed by atoms with van der Waals surface area (Å²) < 4.78 is 6.67. The molecule has 0 aliphatic rings. The minimum absolute atomic E-state index is 0.0746. The number of hydrogen-bond acceptors (Lipinski definition) is 4. The van der Waals surface area contributed by atoms with Crippen LogP contribution in [0, 0.1) is 5.92 Å². The monoisotopic (exact) mass is 367 g/mol. The molecule has 5 heteroatoms. The Hall–Kier alpha value is -2.66. The maximum Gasteiger partial charge on any atom is 0.329 e. The van der Waals surface area contributed by atoms with E-state index in [0.29, 0.717) is 5.56 Å². The van der Waals surface area contributed by atoms with Gasteiger partial charge in [0.2, 0.25) is 0 Å². The SMILES string of the molecule is CC(C)[C@H](NC(=O)c1ccccc1)C(=O)OCc1csc2ccccc12. The van der Waals surface area contributed by atoms with Crippen LogP contribution in [0.3, 0.4) is 0 Å². The second-order valence-corrected chi connectivity index (χ2v) is 7.34. The van der Waals surface area contributed by atoms with Crippen LogP contribution in [0.5, 0.6) is 0 Å². The van der Waals surface area contributed by atoms with Gasteiger partial charge in [0, 0.05) is 15.8 Å². The van der Waals surface area contributed by atoms with Crippen LogP contribution in [0.4, 0.5) is 0 Å². The van der Waals surface area contributed by atoms with Crippen molar-refractivity contribution in [3.63, 3.8) is 0 Å². The number of fused-ring (bicyclic) bond motifs is 1. The zero-order valence-electron chi connectivity index (χ0n) is 14.8. The molecule has 0 aliphatic heterocycles. The summed E-state index contributed by atoms with van der Waals surface area (Å²) in [6, 6.07) is 16.2. The molecule has 0 unspecified atom stereocenters. The molecule has 1 atom stereocenters. The Morgan fingerprint density at radius 1 is 1.04 bits per heavy atom. The average Bonchev–Trinajstić information content (AvgIpc) is 3.07. The van der Waals surface area contributed by atoms with Gasteiger partial charge in [0.25, 0.3) is 5.91 Å². The summed E-state index contributed by atoms with van der Waals surface area (Å²) >= 11 is 1.63. The van der Waals surface area contributed by atoms with Crippen LogP contribution < -0.4 is 5.32 Å². The summed E-state index contributed by atoms with van der Waals surface area (Å²) in [5, 5.41) is 5.89. The fourth-order valence-electron chi connectivity index (χ4n) is 2.70. The summed E-state index contributed by atoms with van der Waals surface area (Å²) in [5.41, 5.74) is 1.51. The van der Waals surface area contributed by atoms with E-state index in [1.807, 2.05) is 49.6 Å². The molecule has 4 nitrogen and oxygen atoms in total. The lowest BCUT2D eigenvalue weighted by Crippen LogP contribution is -2.45. The number of benzene rings is 2. The van der Waals surface area contributed by atoms with Crippen LogP contribution in [0.15, 0.2) is 60.0 Å². The van der Waals surface area contributed by atoms with Gasteiger partial charge in [-0.05, 0) is 34.9 Å². The van der Waals surface area contributed by atoms with Crippen LogP contribution in [-0.2, 0) is 16.1 Å². The molecular formula is C21H21NO3S. The molecule has 1 aromatic heterocycles. The van der Waals surface area contributed by atoms with Gasteiger partial charge in [0.1, 0.15) is 12.6 Å². The van der Waals surface area contributed by atoms with E-state index in [1.54, 1.807) is 35.6 Å². The average molecular weight is 367 g/mol. The van der Waals surface area contributed by atoms with Crippen LogP contribution in [-0.4, -0.2) is 17.9 Å². The molecule has 2 aromatic carbocycles. The maximum absolute atomic E-state index is 12.5. The predicted octanol–water partition coefficient (Wildman–Crippen LogP) is 4.40. The summed E-state index contributed by atoms with van der Waals surface area (Å²) in [6.07, 6.45) is 0. The van der Waals surface area contributed by atoms with E-state index in [1.165, 1.54) is 0 Å². The molecule has 0 spiro atoms. The Bertz CT molecular complexity index is 902. The summed E-state index contributed by atoms with van der Waals surface area (Å²) in [7, 11) is 0. The molecule has 1 heterocycles. The Morgan fingerprint density at radius 3 is 2.46 bits per heavy atom. The van der Waals surface area contributed by atoms with E-state index >= 15 is 0 Å². The van der Waals surface area contributed by atoms with E-state index in [2.05, 4.69) is 5.32 Å². The largest absolute Gasteiger partial charge is 0.459 e. The van der Waals surface area contributed by atoms with E-state index in [0.717, 1.165) is 15.6 Å². The number of hydrogen-bond donors (Lipinski definition) is 1. The van der Waals surface area contributed by atoms with E-state index in [4.69, 9.17) is 4.74 Å². The van der Waals surface area contributed by atoms with Crippen molar-refractivity contribution in [2.45, 2.75) is 26.5 Å². The fraction of sp³-hybridized carbons (Fsp3) is 0.238. The third-order valence-electron chi connectivity index (χ3n) is 4.17. The maximum atomic E-state index is 12.5. The Labute approximate surface area is 156 Å². The van der Waals surface area contributed by atoms with E-state index < -0.39 is 12.0 Å². The number of thiophene rings is 1. The lowest BCUT2D eigenvalue weighted by atomic mass is 10.0. The van der Waals surface area contributed by atoms with Gasteiger partial charge in [-0.3, -0.25) is 4.79 Å². The molecule has 26 heavy (non-hydrogen) atoms. The molecule has 1 N–H and O–H groups in total. The molecule has 0 fully saturated rings. The van der Waals surface area contributed by atoms with E-state index in [-0.39, 0.29) is 18.4 Å². The van der Waals surface area contributed by atoms with Gasteiger partial charge < -0.3 is 10.1 Å². The Balaban J connectivity index is 1.66. The van der Waals surface area contributed by atoms with Crippen LogP contribution in [0.2, 0.25) is 0 Å². The lowest BCUT2D eigenvalue weighted by Gasteiger charge is -2.21. The highest BCUT2D eigenvalue weighted by molar-refractivity contribution is 7.17. The number of rotatable bonds is 6. The predicted molar refractivity (Wildman–Crippen MR) is 104 cm³/mol. The van der Waals surface area contributed by atoms with Gasteiger partial charge in [-0.15, -0.1) is 11.3 Å². The van der Waals surface area contributed by atoms with Crippen molar-refractivity contribution in [3.8, 4) is 0 Å². The number of carbonyl (C=O) groups is 2. The number of nitrogens with one attached hydrogen (secondary N) is 1. The summed E-state index contributed by atoms with van der Waals surface area (Å²) in [4.78, 5) is 24.9. The van der Waals surface area contributed by atoms with Crippen molar-refractivity contribution in [1.82, 2.24) is 5.32 Å². The Kier molecular flexibility index (Phi) is 5.68. The molecule has 3 aromatic rings. The molecule has 3 rings (SSSR count). The van der Waals surface area contributed by atoms with Crippen molar-refractivity contribution in [1.29, 1.82) is 0 Å². The zero-order chi connectivity index (χ0) is 18.5. The molecule has 0 bridgehead atoms. The molecule has 134 valence electrons. The lowest BCUT2D eigenvalue weighted by molar-refractivity contribution is -0.148. The fourth-order valence-corrected chi connectivity index (χ4v) is 3.64. The first-order chi connectivity index (χ1) is 12.6. The first kappa shape index (κ1) is 18.1. The minimum atomic E-state index is -0.687. The third-order valence-corrected chi connectivity index (χ3v) is 5.19. The van der Waals surface area contributed by atoms with Gasteiger partial charge in [0.15, 0.2) is 0 Å². The second kappa shape index (κ2) is 8.15. The summed E-state index contributed by atoms with van der Waals surface area (Å²) in [6.45, 7) is 3.97. The van der Waals surface area contributed by atoms with Crippen molar-refractivity contribution in [2.75, 3.05) is 0 Å². The van der Waals surface area contributed by atoms with Crippen LogP contribution in [0.25, 0.3) is 10.1 Å². The van der Waals surface area contributed by atoms with Gasteiger partial charge in [-0.2, -0.15) is 0 Å². The molecule has 0 saturated carbocycles. The normalized spacial score (nSPS) is 12.1. The van der Waals surface area contributed by atoms with Crippen molar-refractivity contribution >= 4 is 33.3 Å². The zero-order valence-corrected chi connectivity index (χ0v) is 15.6. The van der Waals surface area contributed by atoms with Crippen molar-refractivity contribution < 1.29 is 14.3 Å². The molecular weight excluding hydrogens is 346 g/mol. The van der Waals surface area contributed by atoms with Crippen molar-refractivity contribution in [2.24, 2.45) is 5.92 Å². The first-order valence-corrected chi connectivity index (χ1v) is 9.42. The smallest absolute Gasteiger partial charge is 0.329 e. The highest BCUT2D eigenvalue weighted by Crippen LogP contribution is 2.26. The standard InChI is InChI=1S/C21H21NO3S/c1-14(2)19(22-20(23)15-8-4-3-5-9-15)21(24)25-12-16-13-26-18-11-7-6-10-17(16)18/h3-11,13-14,19H,12H2,1-2H3,(H,22,23)/t19-/m0/s1. The van der Waals surface area contributed by atoms with Gasteiger partial charge in [-0.25, -0.2) is 4.79 Å². The molecule has 1 amide bonds. The molecule has 0 radical (unpaired) electrons. The number of esters is 1. The van der Waals surface area contributed by atoms with E-state index in [9.17, 15) is 9.59 Å². The van der Waals surface area contributed by atoms with Crippen LogP contribution >= 0.6 is 11.3 Å². The number of ether oxygens (including phenoxy) is 1. The summed E-state index contributed by atoms with van der Waals surface area (Å²) in [5.74, 6) is -0.767.